The number of carbonyl (C=O) groups excluding carboxylic acids is 1. The van der Waals surface area contributed by atoms with Gasteiger partial charge in [0.15, 0.2) is 5.65 Å². The van der Waals surface area contributed by atoms with Crippen LogP contribution in [0.2, 0.25) is 0 Å². The topological polar surface area (TPSA) is 53.7 Å². The normalized spacial score (nSPS) is 16.4. The molecule has 6 nitrogen and oxygen atoms in total. The molecule has 0 spiro atoms. The average Bonchev–Trinajstić information content (AvgIpc) is 3.16. The van der Waals surface area contributed by atoms with Crippen molar-refractivity contribution in [1.29, 1.82) is 0 Å². The number of amides is 1. The second kappa shape index (κ2) is 8.35. The molecule has 1 unspecified atom stereocenters. The molecule has 33 heavy (non-hydrogen) atoms. The Morgan fingerprint density at radius 2 is 1.79 bits per heavy atom. The van der Waals surface area contributed by atoms with E-state index < -0.39 is 0 Å². The lowest BCUT2D eigenvalue weighted by molar-refractivity contribution is 0.0724. The van der Waals surface area contributed by atoms with Crippen molar-refractivity contribution in [1.82, 2.24) is 19.5 Å². The molecule has 6 heteroatoms. The molecule has 0 aliphatic carbocycles. The van der Waals surface area contributed by atoms with E-state index in [1.807, 2.05) is 41.5 Å². The minimum Gasteiger partial charge on any atom is -0.365 e. The zero-order chi connectivity index (χ0) is 23.1. The standard InChI is InChI=1S/C27H29N5O/c1-18-9-8-12-23(15-18)31-14-13-30(17-19(31)2)27(33)24-16-28-26-25(22-10-6-5-7-11-22)20(3)29-32(26)21(24)4/h5-12,15-16,19H,13-14,17H2,1-4H3. The molecule has 1 saturated heterocycles. The molecular weight excluding hydrogens is 410 g/mol. The highest BCUT2D eigenvalue weighted by Gasteiger charge is 2.29. The summed E-state index contributed by atoms with van der Waals surface area (Å²) in [5, 5.41) is 4.73. The summed E-state index contributed by atoms with van der Waals surface area (Å²) in [5.41, 5.74) is 7.68. The molecule has 168 valence electrons. The number of fused-ring (bicyclic) bond motifs is 1. The van der Waals surface area contributed by atoms with E-state index in [-0.39, 0.29) is 11.9 Å². The molecule has 3 heterocycles. The highest BCUT2D eigenvalue weighted by Crippen LogP contribution is 2.29. The molecule has 1 aliphatic rings. The van der Waals surface area contributed by atoms with Crippen LogP contribution in [-0.2, 0) is 0 Å². The third kappa shape index (κ3) is 3.75. The summed E-state index contributed by atoms with van der Waals surface area (Å²) >= 11 is 0. The Balaban J connectivity index is 1.42. The van der Waals surface area contributed by atoms with Crippen LogP contribution in [0.1, 0.15) is 34.2 Å². The van der Waals surface area contributed by atoms with Crippen LogP contribution in [-0.4, -0.2) is 51.1 Å². The number of rotatable bonds is 3. The van der Waals surface area contributed by atoms with E-state index in [4.69, 9.17) is 5.10 Å². The van der Waals surface area contributed by atoms with Gasteiger partial charge in [0.05, 0.1) is 17.0 Å². The molecule has 0 bridgehead atoms. The van der Waals surface area contributed by atoms with Crippen molar-refractivity contribution in [2.24, 2.45) is 0 Å². The van der Waals surface area contributed by atoms with Crippen LogP contribution in [0.25, 0.3) is 16.8 Å². The third-order valence-electron chi connectivity index (χ3n) is 6.60. The van der Waals surface area contributed by atoms with Crippen LogP contribution in [0, 0.1) is 20.8 Å². The maximum atomic E-state index is 13.5. The molecule has 0 saturated carbocycles. The van der Waals surface area contributed by atoms with Gasteiger partial charge in [0.1, 0.15) is 0 Å². The molecule has 1 aliphatic heterocycles. The number of hydrogen-bond donors (Lipinski definition) is 0. The SMILES string of the molecule is Cc1cccc(N2CCN(C(=O)c3cnc4c(-c5ccccc5)c(C)nn4c3C)CC2C)c1. The van der Waals surface area contributed by atoms with E-state index in [1.54, 1.807) is 6.20 Å². The Morgan fingerprint density at radius 3 is 2.52 bits per heavy atom. The van der Waals surface area contributed by atoms with Gasteiger partial charge in [0.25, 0.3) is 5.91 Å². The lowest BCUT2D eigenvalue weighted by atomic mass is 10.1. The van der Waals surface area contributed by atoms with Crippen LogP contribution in [0.15, 0.2) is 60.8 Å². The summed E-state index contributed by atoms with van der Waals surface area (Å²) in [5.74, 6) is 0.0204. The van der Waals surface area contributed by atoms with Crippen LogP contribution in [0.5, 0.6) is 0 Å². The summed E-state index contributed by atoms with van der Waals surface area (Å²) in [6, 6.07) is 19.0. The fourth-order valence-electron chi connectivity index (χ4n) is 4.86. The fraction of sp³-hybridized carbons (Fsp3) is 0.296. The summed E-state index contributed by atoms with van der Waals surface area (Å²) in [6.07, 6.45) is 1.72. The van der Waals surface area contributed by atoms with Gasteiger partial charge in [-0.3, -0.25) is 4.79 Å². The number of nitrogens with zero attached hydrogens (tertiary/aromatic N) is 5. The first-order valence-corrected chi connectivity index (χ1v) is 11.5. The van der Waals surface area contributed by atoms with Crippen LogP contribution in [0.4, 0.5) is 5.69 Å². The van der Waals surface area contributed by atoms with Gasteiger partial charge in [0, 0.05) is 43.1 Å². The molecule has 0 N–H and O–H groups in total. The second-order valence-electron chi connectivity index (χ2n) is 8.95. The van der Waals surface area contributed by atoms with E-state index in [0.717, 1.165) is 34.7 Å². The van der Waals surface area contributed by atoms with E-state index in [9.17, 15) is 4.79 Å². The van der Waals surface area contributed by atoms with Gasteiger partial charge >= 0.3 is 0 Å². The first-order valence-electron chi connectivity index (χ1n) is 11.5. The average molecular weight is 440 g/mol. The molecule has 5 rings (SSSR count). The van der Waals surface area contributed by atoms with E-state index >= 15 is 0 Å². The largest absolute Gasteiger partial charge is 0.365 e. The quantitative estimate of drug-likeness (QED) is 0.465. The van der Waals surface area contributed by atoms with Crippen LogP contribution in [0.3, 0.4) is 0 Å². The van der Waals surface area contributed by atoms with Crippen molar-refractivity contribution in [2.75, 3.05) is 24.5 Å². The number of anilines is 1. The maximum absolute atomic E-state index is 13.5. The first-order chi connectivity index (χ1) is 15.9. The zero-order valence-corrected chi connectivity index (χ0v) is 19.6. The van der Waals surface area contributed by atoms with Gasteiger partial charge in [-0.15, -0.1) is 0 Å². The maximum Gasteiger partial charge on any atom is 0.257 e. The Bertz CT molecular complexity index is 1330. The van der Waals surface area contributed by atoms with Gasteiger partial charge in [-0.25, -0.2) is 9.50 Å². The molecule has 1 amide bonds. The lowest BCUT2D eigenvalue weighted by Crippen LogP contribution is -2.54. The molecule has 2 aromatic heterocycles. The number of aromatic nitrogens is 3. The molecule has 2 aromatic carbocycles. The van der Waals surface area contributed by atoms with Crippen molar-refractivity contribution >= 4 is 17.2 Å². The van der Waals surface area contributed by atoms with Crippen molar-refractivity contribution < 1.29 is 4.79 Å². The summed E-state index contributed by atoms with van der Waals surface area (Å²) in [6.45, 7) is 10.4. The highest BCUT2D eigenvalue weighted by molar-refractivity contribution is 5.96. The van der Waals surface area contributed by atoms with Gasteiger partial charge in [-0.1, -0.05) is 42.5 Å². The van der Waals surface area contributed by atoms with Gasteiger partial charge in [0.2, 0.25) is 0 Å². The smallest absolute Gasteiger partial charge is 0.257 e. The van der Waals surface area contributed by atoms with Crippen LogP contribution >= 0.6 is 0 Å². The monoisotopic (exact) mass is 439 g/mol. The van der Waals surface area contributed by atoms with E-state index in [0.29, 0.717) is 18.7 Å². The van der Waals surface area contributed by atoms with Gasteiger partial charge in [-0.05, 0) is 51.0 Å². The number of carbonyl (C=O) groups is 1. The van der Waals surface area contributed by atoms with Crippen molar-refractivity contribution in [3.8, 4) is 11.1 Å². The predicted molar refractivity (Wildman–Crippen MR) is 132 cm³/mol. The Kier molecular flexibility index (Phi) is 5.36. The highest BCUT2D eigenvalue weighted by atomic mass is 16.2. The number of benzene rings is 2. The van der Waals surface area contributed by atoms with E-state index in [2.05, 4.69) is 60.1 Å². The van der Waals surface area contributed by atoms with Crippen molar-refractivity contribution in [3.05, 3.63) is 83.3 Å². The Morgan fingerprint density at radius 1 is 1.00 bits per heavy atom. The molecule has 1 atom stereocenters. The molecule has 0 radical (unpaired) electrons. The zero-order valence-electron chi connectivity index (χ0n) is 19.6. The van der Waals surface area contributed by atoms with Crippen molar-refractivity contribution in [2.45, 2.75) is 33.7 Å². The first kappa shape index (κ1) is 21.2. The molecular formula is C27H29N5O. The van der Waals surface area contributed by atoms with E-state index in [1.165, 1.54) is 11.3 Å². The summed E-state index contributed by atoms with van der Waals surface area (Å²) < 4.78 is 1.82. The number of hydrogen-bond acceptors (Lipinski definition) is 4. The number of aryl methyl sites for hydroxylation is 3. The second-order valence-corrected chi connectivity index (χ2v) is 8.95. The summed E-state index contributed by atoms with van der Waals surface area (Å²) in [7, 11) is 0. The van der Waals surface area contributed by atoms with Crippen LogP contribution < -0.4 is 4.90 Å². The molecule has 4 aromatic rings. The third-order valence-corrected chi connectivity index (χ3v) is 6.60. The molecule has 1 fully saturated rings. The summed E-state index contributed by atoms with van der Waals surface area (Å²) in [4.78, 5) is 22.5. The minimum absolute atomic E-state index is 0.0204. The fourth-order valence-corrected chi connectivity index (χ4v) is 4.86. The minimum atomic E-state index is 0.0204. The van der Waals surface area contributed by atoms with Gasteiger partial charge < -0.3 is 9.80 Å². The lowest BCUT2D eigenvalue weighted by Gasteiger charge is -2.41. The Hall–Kier alpha value is -3.67. The van der Waals surface area contributed by atoms with Gasteiger partial charge in [-0.2, -0.15) is 5.10 Å². The Labute approximate surface area is 194 Å². The number of piperazine rings is 1. The van der Waals surface area contributed by atoms with Crippen molar-refractivity contribution in [3.63, 3.8) is 0 Å². The predicted octanol–water partition coefficient (Wildman–Crippen LogP) is 4.67.